The highest BCUT2D eigenvalue weighted by atomic mass is 127. The van der Waals surface area contributed by atoms with Crippen molar-refractivity contribution in [2.24, 2.45) is 4.99 Å². The molecule has 1 aromatic rings. The summed E-state index contributed by atoms with van der Waals surface area (Å²) >= 11 is 0. The lowest BCUT2D eigenvalue weighted by molar-refractivity contribution is 0.413. The van der Waals surface area contributed by atoms with Gasteiger partial charge in [0, 0.05) is 40.6 Å². The first-order valence-electron chi connectivity index (χ1n) is 9.54. The summed E-state index contributed by atoms with van der Waals surface area (Å²) in [5.74, 6) is 1.47. The Morgan fingerprint density at radius 1 is 1.21 bits per heavy atom. The Balaban J connectivity index is 0.00000392. The zero-order valence-electron chi connectivity index (χ0n) is 16.8. The number of hydrogen-bond acceptors (Lipinski definition) is 4. The van der Waals surface area contributed by atoms with E-state index in [1.807, 2.05) is 13.8 Å². The van der Waals surface area contributed by atoms with Crippen LogP contribution in [0.1, 0.15) is 45.1 Å². The molecule has 160 valence electrons. The van der Waals surface area contributed by atoms with Gasteiger partial charge in [0.05, 0.1) is 11.4 Å². The van der Waals surface area contributed by atoms with Crippen LogP contribution in [0.25, 0.3) is 0 Å². The maximum absolute atomic E-state index is 12.1. The number of sulfone groups is 1. The number of halogens is 1. The standard InChI is InChI=1S/C19H31N3O3S2.HI/c1-4-20-19(22-16-7-6-8-17(13-16)26(23)5-2)21-14-15-9-11-18(12-10-15)27(3,24)25;/h9-12,16-17H,4-8,13-14H2,1-3H3,(H2,20,21,22);1H. The maximum atomic E-state index is 12.1. The van der Waals surface area contributed by atoms with E-state index in [0.29, 0.717) is 11.4 Å². The molecule has 3 atom stereocenters. The van der Waals surface area contributed by atoms with Crippen LogP contribution >= 0.6 is 24.0 Å². The van der Waals surface area contributed by atoms with Gasteiger partial charge in [-0.3, -0.25) is 4.21 Å². The molecule has 1 aliphatic rings. The van der Waals surface area contributed by atoms with E-state index in [9.17, 15) is 12.6 Å². The van der Waals surface area contributed by atoms with Gasteiger partial charge in [0.1, 0.15) is 0 Å². The summed E-state index contributed by atoms with van der Waals surface area (Å²) in [7, 11) is -3.92. The van der Waals surface area contributed by atoms with E-state index < -0.39 is 20.6 Å². The lowest BCUT2D eigenvalue weighted by atomic mass is 9.95. The van der Waals surface area contributed by atoms with Gasteiger partial charge in [0.15, 0.2) is 15.8 Å². The Hall–Kier alpha value is -0.680. The minimum Gasteiger partial charge on any atom is -0.357 e. The van der Waals surface area contributed by atoms with E-state index in [0.717, 1.165) is 49.5 Å². The largest absolute Gasteiger partial charge is 0.357 e. The first-order chi connectivity index (χ1) is 12.8. The molecule has 0 bridgehead atoms. The monoisotopic (exact) mass is 541 g/mol. The summed E-state index contributed by atoms with van der Waals surface area (Å²) in [5, 5.41) is 7.01. The van der Waals surface area contributed by atoms with Gasteiger partial charge in [-0.05, 0) is 43.9 Å². The number of nitrogens with zero attached hydrogens (tertiary/aromatic N) is 1. The van der Waals surface area contributed by atoms with Crippen LogP contribution in [0.5, 0.6) is 0 Å². The van der Waals surface area contributed by atoms with Crippen LogP contribution in [0.15, 0.2) is 34.2 Å². The zero-order valence-corrected chi connectivity index (χ0v) is 20.8. The molecule has 1 aliphatic carbocycles. The molecule has 6 nitrogen and oxygen atoms in total. The van der Waals surface area contributed by atoms with E-state index in [-0.39, 0.29) is 35.3 Å². The molecular weight excluding hydrogens is 509 g/mol. The van der Waals surface area contributed by atoms with E-state index in [2.05, 4.69) is 15.6 Å². The predicted molar refractivity (Wildman–Crippen MR) is 128 cm³/mol. The predicted octanol–water partition coefficient (Wildman–Crippen LogP) is 2.84. The lowest BCUT2D eigenvalue weighted by Gasteiger charge is -2.30. The molecule has 0 amide bonds. The van der Waals surface area contributed by atoms with Crippen molar-refractivity contribution in [3.8, 4) is 0 Å². The third-order valence-electron chi connectivity index (χ3n) is 4.74. The quantitative estimate of drug-likeness (QED) is 0.315. The second-order valence-corrected chi connectivity index (χ2v) is 10.9. The summed E-state index contributed by atoms with van der Waals surface area (Å²) < 4.78 is 35.2. The van der Waals surface area contributed by atoms with Crippen molar-refractivity contribution in [2.45, 2.75) is 62.3 Å². The zero-order chi connectivity index (χ0) is 19.9. The molecule has 1 fully saturated rings. The fraction of sp³-hybridized carbons (Fsp3) is 0.632. The van der Waals surface area contributed by atoms with Gasteiger partial charge in [0.2, 0.25) is 0 Å². The van der Waals surface area contributed by atoms with Gasteiger partial charge < -0.3 is 10.6 Å². The third kappa shape index (κ3) is 7.98. The van der Waals surface area contributed by atoms with Gasteiger partial charge in [-0.2, -0.15) is 0 Å². The summed E-state index contributed by atoms with van der Waals surface area (Å²) in [6, 6.07) is 7.11. The molecule has 0 radical (unpaired) electrons. The van der Waals surface area contributed by atoms with Crippen LogP contribution in [-0.4, -0.2) is 48.4 Å². The van der Waals surface area contributed by atoms with Gasteiger partial charge in [-0.25, -0.2) is 13.4 Å². The van der Waals surface area contributed by atoms with Gasteiger partial charge in [-0.15, -0.1) is 24.0 Å². The summed E-state index contributed by atoms with van der Waals surface area (Å²) in [6.07, 6.45) is 5.30. The minimum absolute atomic E-state index is 0. The number of nitrogens with one attached hydrogen (secondary N) is 2. The summed E-state index contributed by atoms with van der Waals surface area (Å²) in [4.78, 5) is 4.95. The molecule has 0 aromatic heterocycles. The van der Waals surface area contributed by atoms with Crippen LogP contribution in [0.2, 0.25) is 0 Å². The van der Waals surface area contributed by atoms with E-state index in [1.165, 1.54) is 6.26 Å². The molecule has 28 heavy (non-hydrogen) atoms. The van der Waals surface area contributed by atoms with Crippen molar-refractivity contribution in [1.82, 2.24) is 10.6 Å². The Labute approximate surface area is 188 Å². The van der Waals surface area contributed by atoms with Crippen molar-refractivity contribution in [2.75, 3.05) is 18.6 Å². The normalized spacial score (nSPS) is 21.5. The molecule has 9 heteroatoms. The Bertz CT molecular complexity index is 767. The van der Waals surface area contributed by atoms with Crippen molar-refractivity contribution >= 4 is 50.6 Å². The second kappa shape index (κ2) is 12.1. The highest BCUT2D eigenvalue weighted by Crippen LogP contribution is 2.23. The highest BCUT2D eigenvalue weighted by Gasteiger charge is 2.26. The number of benzene rings is 1. The fourth-order valence-corrected chi connectivity index (χ4v) is 5.25. The average Bonchev–Trinajstić information content (AvgIpc) is 2.65. The number of hydrogen-bond donors (Lipinski definition) is 2. The molecular formula is C19H32IN3O3S2. The third-order valence-corrected chi connectivity index (χ3v) is 7.61. The molecule has 1 saturated carbocycles. The summed E-state index contributed by atoms with van der Waals surface area (Å²) in [5.41, 5.74) is 0.952. The highest BCUT2D eigenvalue weighted by molar-refractivity contribution is 14.0. The minimum atomic E-state index is -3.18. The van der Waals surface area contributed by atoms with Crippen molar-refractivity contribution in [3.63, 3.8) is 0 Å². The van der Waals surface area contributed by atoms with Gasteiger partial charge in [-0.1, -0.05) is 25.5 Å². The average molecular weight is 542 g/mol. The van der Waals surface area contributed by atoms with Crippen molar-refractivity contribution < 1.29 is 12.6 Å². The van der Waals surface area contributed by atoms with Crippen molar-refractivity contribution in [1.29, 1.82) is 0 Å². The SMILES string of the molecule is CCNC(=NCc1ccc(S(C)(=O)=O)cc1)NC1CCCC(S(=O)CC)C1.I. The molecule has 0 spiro atoms. The topological polar surface area (TPSA) is 87.6 Å². The van der Waals surface area contributed by atoms with Crippen molar-refractivity contribution in [3.05, 3.63) is 29.8 Å². The molecule has 2 N–H and O–H groups in total. The van der Waals surface area contributed by atoms with E-state index in [1.54, 1.807) is 24.3 Å². The Morgan fingerprint density at radius 3 is 2.46 bits per heavy atom. The van der Waals surface area contributed by atoms with Crippen LogP contribution < -0.4 is 10.6 Å². The Kier molecular flexibility index (Phi) is 11.0. The summed E-state index contributed by atoms with van der Waals surface area (Å²) in [6.45, 7) is 5.23. The molecule has 1 aromatic carbocycles. The number of rotatable bonds is 7. The molecule has 0 saturated heterocycles. The Morgan fingerprint density at radius 2 is 1.89 bits per heavy atom. The second-order valence-electron chi connectivity index (χ2n) is 6.91. The lowest BCUT2D eigenvalue weighted by Crippen LogP contribution is -2.46. The first-order valence-corrected chi connectivity index (χ1v) is 12.8. The molecule has 0 aliphatic heterocycles. The van der Waals surface area contributed by atoms with E-state index in [4.69, 9.17) is 0 Å². The maximum Gasteiger partial charge on any atom is 0.191 e. The number of guanidine groups is 1. The van der Waals surface area contributed by atoms with Crippen LogP contribution in [-0.2, 0) is 27.2 Å². The van der Waals surface area contributed by atoms with Crippen LogP contribution in [0.4, 0.5) is 0 Å². The molecule has 0 heterocycles. The van der Waals surface area contributed by atoms with Gasteiger partial charge in [0.25, 0.3) is 0 Å². The number of aliphatic imine (C=N–C) groups is 1. The first kappa shape index (κ1) is 25.4. The van der Waals surface area contributed by atoms with Gasteiger partial charge >= 0.3 is 0 Å². The molecule has 3 unspecified atom stereocenters. The van der Waals surface area contributed by atoms with E-state index >= 15 is 0 Å². The van der Waals surface area contributed by atoms with Crippen LogP contribution in [0, 0.1) is 0 Å². The smallest absolute Gasteiger partial charge is 0.191 e. The fourth-order valence-electron chi connectivity index (χ4n) is 3.28. The van der Waals surface area contributed by atoms with Crippen LogP contribution in [0.3, 0.4) is 0 Å². The molecule has 2 rings (SSSR count).